The number of amidine groups is 1. The predicted molar refractivity (Wildman–Crippen MR) is 127 cm³/mol. The minimum atomic E-state index is -4.40. The summed E-state index contributed by atoms with van der Waals surface area (Å²) in [6, 6.07) is 9.68. The van der Waals surface area contributed by atoms with Gasteiger partial charge in [-0.3, -0.25) is 19.7 Å². The number of aliphatic imine (C=N–C) groups is 1. The quantitative estimate of drug-likeness (QED) is 0.398. The maximum absolute atomic E-state index is 12.5. The number of nitrogens with one attached hydrogen (secondary N) is 2. The Labute approximate surface area is 209 Å². The first-order valence-electron chi connectivity index (χ1n) is 11.1. The van der Waals surface area contributed by atoms with Gasteiger partial charge in [0.1, 0.15) is 11.9 Å². The molecule has 8 nitrogen and oxygen atoms in total. The number of benzene rings is 2. The molecular weight excluding hydrogens is 497 g/mol. The van der Waals surface area contributed by atoms with Crippen LogP contribution in [0, 0.1) is 0 Å². The van der Waals surface area contributed by atoms with E-state index in [0.717, 1.165) is 0 Å². The molecule has 4 rings (SSSR count). The van der Waals surface area contributed by atoms with Crippen LogP contribution in [0.5, 0.6) is 0 Å². The van der Waals surface area contributed by atoms with Crippen LogP contribution in [0.1, 0.15) is 47.5 Å². The number of aliphatic hydroxyl groups excluding tert-OH is 1. The molecule has 3 N–H and O–H groups in total. The van der Waals surface area contributed by atoms with E-state index in [9.17, 15) is 32.7 Å². The summed E-state index contributed by atoms with van der Waals surface area (Å²) in [4.78, 5) is 42.4. The summed E-state index contributed by atoms with van der Waals surface area (Å²) >= 11 is -0.251. The van der Waals surface area contributed by atoms with Gasteiger partial charge in [0, 0.05) is 29.0 Å². The molecule has 3 amide bonds. The number of amides is 3. The fourth-order valence-electron chi connectivity index (χ4n) is 4.33. The van der Waals surface area contributed by atoms with Gasteiger partial charge in [-0.25, -0.2) is 4.99 Å². The number of carbonyl (C=O) groups is 3. The Bertz CT molecular complexity index is 1220. The first kappa shape index (κ1) is 25.7. The Kier molecular flexibility index (Phi) is 7.36. The van der Waals surface area contributed by atoms with E-state index in [1.165, 1.54) is 29.2 Å². The molecule has 2 aliphatic heterocycles. The molecule has 2 atom stereocenters. The Morgan fingerprint density at radius 1 is 1.22 bits per heavy atom. The second kappa shape index (κ2) is 10.3. The fraction of sp³-hybridized carbons (Fsp3) is 0.333. The number of halogens is 3. The van der Waals surface area contributed by atoms with Gasteiger partial charge in [-0.05, 0) is 67.4 Å². The third kappa shape index (κ3) is 5.71. The van der Waals surface area contributed by atoms with E-state index in [-0.39, 0.29) is 47.5 Å². The molecule has 1 fully saturated rings. The molecule has 12 heteroatoms. The van der Waals surface area contributed by atoms with Crippen molar-refractivity contribution in [1.29, 1.82) is 0 Å². The zero-order chi connectivity index (χ0) is 26.0. The molecule has 1 saturated heterocycles. The summed E-state index contributed by atoms with van der Waals surface area (Å²) in [6.07, 6.45) is -0.427. The highest BCUT2D eigenvalue weighted by Gasteiger charge is 2.39. The van der Waals surface area contributed by atoms with E-state index in [1.807, 2.05) is 0 Å². The molecule has 2 heterocycles. The second-order valence-corrected chi connectivity index (χ2v) is 9.47. The van der Waals surface area contributed by atoms with Crippen molar-refractivity contribution < 1.29 is 32.7 Å². The van der Waals surface area contributed by atoms with Crippen molar-refractivity contribution in [1.82, 2.24) is 15.5 Å². The number of rotatable bonds is 6. The number of hydrogen-bond donors (Lipinski definition) is 3. The van der Waals surface area contributed by atoms with Crippen LogP contribution >= 0.6 is 11.8 Å². The summed E-state index contributed by atoms with van der Waals surface area (Å²) in [5.41, 5.74) is -2.41. The molecule has 0 aromatic heterocycles. The number of nitrogens with zero attached hydrogens (tertiary/aromatic N) is 2. The van der Waals surface area contributed by atoms with E-state index in [4.69, 9.17) is 0 Å². The molecule has 36 heavy (non-hydrogen) atoms. The number of imide groups is 1. The minimum Gasteiger partial charge on any atom is -0.369 e. The van der Waals surface area contributed by atoms with E-state index in [0.29, 0.717) is 29.1 Å². The van der Waals surface area contributed by atoms with Crippen LogP contribution < -0.4 is 10.6 Å². The molecule has 0 saturated carbocycles. The van der Waals surface area contributed by atoms with Gasteiger partial charge in [0.25, 0.3) is 5.91 Å². The molecule has 2 aliphatic rings. The van der Waals surface area contributed by atoms with Gasteiger partial charge in [0.05, 0.1) is 5.69 Å². The second-order valence-electron chi connectivity index (χ2n) is 8.33. The van der Waals surface area contributed by atoms with Crippen molar-refractivity contribution in [3.8, 4) is 0 Å². The summed E-state index contributed by atoms with van der Waals surface area (Å²) in [5.74, 6) is -0.847. The monoisotopic (exact) mass is 520 g/mol. The van der Waals surface area contributed by atoms with Crippen molar-refractivity contribution in [2.75, 3.05) is 6.54 Å². The van der Waals surface area contributed by atoms with E-state index >= 15 is 0 Å². The predicted octanol–water partition coefficient (Wildman–Crippen LogP) is 3.43. The Hall–Kier alpha value is -3.38. The van der Waals surface area contributed by atoms with Gasteiger partial charge in [-0.1, -0.05) is 12.1 Å². The van der Waals surface area contributed by atoms with Gasteiger partial charge >= 0.3 is 5.51 Å². The van der Waals surface area contributed by atoms with Crippen molar-refractivity contribution >= 4 is 41.0 Å². The van der Waals surface area contributed by atoms with Crippen molar-refractivity contribution in [2.45, 2.75) is 48.9 Å². The van der Waals surface area contributed by atoms with Gasteiger partial charge in [-0.2, -0.15) is 13.2 Å². The van der Waals surface area contributed by atoms with Gasteiger partial charge in [0.15, 0.2) is 6.23 Å². The largest absolute Gasteiger partial charge is 0.446 e. The van der Waals surface area contributed by atoms with Crippen LogP contribution in [0.2, 0.25) is 0 Å². The van der Waals surface area contributed by atoms with Crippen LogP contribution in [0.4, 0.5) is 18.9 Å². The Morgan fingerprint density at radius 3 is 2.61 bits per heavy atom. The molecule has 2 aromatic rings. The molecule has 190 valence electrons. The molecule has 2 unspecified atom stereocenters. The normalized spacial score (nSPS) is 19.9. The first-order valence-corrected chi connectivity index (χ1v) is 12.0. The summed E-state index contributed by atoms with van der Waals surface area (Å²) in [6.45, 7) is 1.88. The van der Waals surface area contributed by atoms with Gasteiger partial charge in [0.2, 0.25) is 11.8 Å². The average Bonchev–Trinajstić information content (AvgIpc) is 2.79. The molecule has 0 bridgehead atoms. The Balaban J connectivity index is 1.44. The summed E-state index contributed by atoms with van der Waals surface area (Å²) in [7, 11) is 0. The molecule has 0 radical (unpaired) electrons. The van der Waals surface area contributed by atoms with Gasteiger partial charge < -0.3 is 15.3 Å². The lowest BCUT2D eigenvalue weighted by Crippen LogP contribution is -2.55. The number of alkyl halides is 3. The zero-order valence-corrected chi connectivity index (χ0v) is 19.9. The first-order chi connectivity index (χ1) is 17.0. The summed E-state index contributed by atoms with van der Waals surface area (Å²) < 4.78 is 37.5. The van der Waals surface area contributed by atoms with Crippen LogP contribution in [-0.4, -0.2) is 51.7 Å². The van der Waals surface area contributed by atoms with E-state index < -0.39 is 29.6 Å². The standard InChI is InChI=1S/C24H23F3N4O4S/c1-13-29-17-4-2-3-14(20(17)23(35)31(13)18-9-10-19(32)30-22(18)34)11-12-28-21(33)15-5-7-16(8-6-15)36-24(25,26)27/h2-8,18,23,35H,9-12H2,1H3,(H,28,33)(H,30,32,34). The highest BCUT2D eigenvalue weighted by Crippen LogP contribution is 2.38. The maximum atomic E-state index is 12.5. The number of hydrogen-bond acceptors (Lipinski definition) is 7. The topological polar surface area (TPSA) is 111 Å². The maximum Gasteiger partial charge on any atom is 0.446 e. The lowest BCUT2D eigenvalue weighted by Gasteiger charge is -2.40. The third-order valence-corrected chi connectivity index (χ3v) is 6.67. The minimum absolute atomic E-state index is 0.0135. The van der Waals surface area contributed by atoms with E-state index in [1.54, 1.807) is 25.1 Å². The number of piperidine rings is 1. The van der Waals surface area contributed by atoms with Gasteiger partial charge in [-0.15, -0.1) is 0 Å². The van der Waals surface area contributed by atoms with Crippen molar-refractivity contribution in [3.05, 3.63) is 59.2 Å². The van der Waals surface area contributed by atoms with Crippen LogP contribution in [0.3, 0.4) is 0 Å². The average molecular weight is 521 g/mol. The number of thioether (sulfide) groups is 1. The molecule has 0 aliphatic carbocycles. The van der Waals surface area contributed by atoms with Crippen LogP contribution in [-0.2, 0) is 16.0 Å². The lowest BCUT2D eigenvalue weighted by atomic mass is 9.96. The smallest absolute Gasteiger partial charge is 0.369 e. The van der Waals surface area contributed by atoms with E-state index in [2.05, 4.69) is 15.6 Å². The fourth-order valence-corrected chi connectivity index (χ4v) is 4.86. The summed E-state index contributed by atoms with van der Waals surface area (Å²) in [5, 5.41) is 16.2. The molecular formula is C24H23F3N4O4S. The number of carbonyl (C=O) groups excluding carboxylic acids is 3. The SMILES string of the molecule is CC1=Nc2cccc(CCNC(=O)c3ccc(SC(F)(F)F)cc3)c2C(O)N1C1CCC(=O)NC1=O. The van der Waals surface area contributed by atoms with Crippen LogP contribution in [0.15, 0.2) is 52.4 Å². The van der Waals surface area contributed by atoms with Crippen LogP contribution in [0.25, 0.3) is 0 Å². The molecule has 0 spiro atoms. The number of aliphatic hydroxyl groups is 1. The Morgan fingerprint density at radius 2 is 1.94 bits per heavy atom. The van der Waals surface area contributed by atoms with Crippen molar-refractivity contribution in [2.24, 2.45) is 4.99 Å². The lowest BCUT2D eigenvalue weighted by molar-refractivity contribution is -0.139. The zero-order valence-electron chi connectivity index (χ0n) is 19.1. The molecule has 2 aromatic carbocycles. The highest BCUT2D eigenvalue weighted by molar-refractivity contribution is 8.00. The van der Waals surface area contributed by atoms with Crippen molar-refractivity contribution in [3.63, 3.8) is 0 Å². The highest BCUT2D eigenvalue weighted by atomic mass is 32.2. The third-order valence-electron chi connectivity index (χ3n) is 5.93. The number of fused-ring (bicyclic) bond motifs is 1.